The van der Waals surface area contributed by atoms with Crippen molar-refractivity contribution in [3.05, 3.63) is 11.3 Å². The minimum absolute atomic E-state index is 0.00864. The predicted octanol–water partition coefficient (Wildman–Crippen LogP) is 5.13. The van der Waals surface area contributed by atoms with Gasteiger partial charge in [0.15, 0.2) is 0 Å². The third kappa shape index (κ3) is 13.7. The molecule has 0 spiro atoms. The van der Waals surface area contributed by atoms with Crippen molar-refractivity contribution in [1.29, 1.82) is 0 Å². The molecule has 220 valence electrons. The number of aliphatic hydroxyl groups is 1. The highest BCUT2D eigenvalue weighted by molar-refractivity contribution is 8.76. The molecule has 0 radical (unpaired) electrons. The van der Waals surface area contributed by atoms with E-state index in [2.05, 4.69) is 12.2 Å². The van der Waals surface area contributed by atoms with Crippen LogP contribution in [0.3, 0.4) is 0 Å². The quantitative estimate of drug-likeness (QED) is 0.123. The summed E-state index contributed by atoms with van der Waals surface area (Å²) in [5.74, 6) is 0.680. The first-order valence-corrected chi connectivity index (χ1v) is 16.7. The van der Waals surface area contributed by atoms with Gasteiger partial charge in [0.05, 0.1) is 5.60 Å². The number of nitrogens with two attached hydrogens (primary N) is 1. The number of nitrogens with one attached hydrogen (secondary N) is 1. The summed E-state index contributed by atoms with van der Waals surface area (Å²) in [6.07, 6.45) is 7.98. The highest BCUT2D eigenvalue weighted by Crippen LogP contribution is 2.39. The van der Waals surface area contributed by atoms with E-state index in [4.69, 9.17) is 15.2 Å². The van der Waals surface area contributed by atoms with E-state index in [1.165, 1.54) is 0 Å². The zero-order valence-electron chi connectivity index (χ0n) is 24.0. The molecule has 4 N–H and O–H groups in total. The molecule has 0 heterocycles. The van der Waals surface area contributed by atoms with Crippen LogP contribution in [0.15, 0.2) is 11.3 Å². The second-order valence-corrected chi connectivity index (χ2v) is 13.3. The largest absolute Gasteiger partial charge is 0.462 e. The molecule has 0 saturated heterocycles. The highest BCUT2D eigenvalue weighted by Gasteiger charge is 2.37. The molecule has 3 unspecified atom stereocenters. The van der Waals surface area contributed by atoms with Gasteiger partial charge in [0.1, 0.15) is 11.9 Å². The van der Waals surface area contributed by atoms with E-state index < -0.39 is 5.60 Å². The third-order valence-electron chi connectivity index (χ3n) is 7.03. The van der Waals surface area contributed by atoms with Crippen LogP contribution in [0.1, 0.15) is 98.3 Å². The maximum absolute atomic E-state index is 12.7. The van der Waals surface area contributed by atoms with Crippen molar-refractivity contribution >= 4 is 39.4 Å². The smallest absolute Gasteiger partial charge is 0.310 e. The SMILES string of the molecule is CCCC(OC(=O)CCCN)C1CC(C(C)(C)O)CCC/C(OC(=O)CCCNC(=O)CCSSC)=C\1C. The van der Waals surface area contributed by atoms with E-state index in [9.17, 15) is 19.5 Å². The number of allylic oxidation sites excluding steroid dienone is 1. The Morgan fingerprint density at radius 1 is 1.18 bits per heavy atom. The van der Waals surface area contributed by atoms with E-state index in [0.29, 0.717) is 57.4 Å². The molecule has 0 aromatic rings. The van der Waals surface area contributed by atoms with Crippen LogP contribution < -0.4 is 11.1 Å². The van der Waals surface area contributed by atoms with Gasteiger partial charge in [-0.3, -0.25) is 14.4 Å². The fourth-order valence-corrected chi connectivity index (χ4v) is 5.96. The minimum Gasteiger partial charge on any atom is -0.462 e. The lowest BCUT2D eigenvalue weighted by molar-refractivity contribution is -0.153. The number of rotatable bonds is 17. The van der Waals surface area contributed by atoms with Crippen LogP contribution in [-0.4, -0.2) is 59.8 Å². The maximum atomic E-state index is 12.7. The van der Waals surface area contributed by atoms with Crippen molar-refractivity contribution in [1.82, 2.24) is 5.32 Å². The Labute approximate surface area is 237 Å². The lowest BCUT2D eigenvalue weighted by Gasteiger charge is -2.38. The third-order valence-corrected chi connectivity index (χ3v) is 8.84. The van der Waals surface area contributed by atoms with E-state index in [1.54, 1.807) is 21.6 Å². The van der Waals surface area contributed by atoms with Crippen molar-refractivity contribution in [3.8, 4) is 0 Å². The van der Waals surface area contributed by atoms with E-state index in [0.717, 1.165) is 30.6 Å². The summed E-state index contributed by atoms with van der Waals surface area (Å²) >= 11 is 0. The number of hydrogen-bond acceptors (Lipinski definition) is 9. The van der Waals surface area contributed by atoms with E-state index in [-0.39, 0.29) is 48.6 Å². The van der Waals surface area contributed by atoms with Gasteiger partial charge in [-0.1, -0.05) is 34.9 Å². The minimum atomic E-state index is -0.870. The number of hydrogen-bond donors (Lipinski definition) is 3. The molecule has 0 saturated carbocycles. The van der Waals surface area contributed by atoms with Gasteiger partial charge in [0.2, 0.25) is 5.91 Å². The summed E-state index contributed by atoms with van der Waals surface area (Å²) < 4.78 is 11.8. The predicted molar refractivity (Wildman–Crippen MR) is 156 cm³/mol. The lowest BCUT2D eigenvalue weighted by atomic mass is 9.73. The second kappa shape index (κ2) is 19.0. The van der Waals surface area contributed by atoms with Gasteiger partial charge in [-0.05, 0) is 83.6 Å². The molecule has 1 amide bonds. The molecule has 0 aromatic carbocycles. The van der Waals surface area contributed by atoms with Crippen molar-refractivity contribution < 1.29 is 29.0 Å². The normalized spacial score (nSPS) is 21.2. The Hall–Kier alpha value is -1.23. The molecule has 8 nitrogen and oxygen atoms in total. The molecular formula is C28H50N2O6S2. The van der Waals surface area contributed by atoms with Crippen LogP contribution in [-0.2, 0) is 23.9 Å². The van der Waals surface area contributed by atoms with Crippen LogP contribution in [0.4, 0.5) is 0 Å². The molecule has 0 bridgehead atoms. The van der Waals surface area contributed by atoms with Gasteiger partial charge in [-0.15, -0.1) is 0 Å². The molecule has 38 heavy (non-hydrogen) atoms. The zero-order valence-corrected chi connectivity index (χ0v) is 25.6. The van der Waals surface area contributed by atoms with Crippen LogP contribution >= 0.6 is 21.6 Å². The average Bonchev–Trinajstić information content (AvgIpc) is 2.84. The topological polar surface area (TPSA) is 128 Å². The fraction of sp³-hybridized carbons (Fsp3) is 0.821. The van der Waals surface area contributed by atoms with E-state index >= 15 is 0 Å². The molecule has 3 atom stereocenters. The number of esters is 2. The number of carbonyl (C=O) groups excluding carboxylic acids is 3. The maximum Gasteiger partial charge on any atom is 0.310 e. The zero-order chi connectivity index (χ0) is 28.6. The average molecular weight is 575 g/mol. The van der Waals surface area contributed by atoms with Crippen molar-refractivity contribution in [2.24, 2.45) is 17.6 Å². The Morgan fingerprint density at radius 2 is 1.89 bits per heavy atom. The first-order chi connectivity index (χ1) is 18.0. The molecule has 1 rings (SSSR count). The van der Waals surface area contributed by atoms with Crippen LogP contribution in [0, 0.1) is 11.8 Å². The van der Waals surface area contributed by atoms with Gasteiger partial charge in [0.25, 0.3) is 0 Å². The molecule has 1 aliphatic rings. The molecule has 1 aliphatic carbocycles. The fourth-order valence-electron chi connectivity index (χ4n) is 4.77. The summed E-state index contributed by atoms with van der Waals surface area (Å²) in [4.78, 5) is 37.1. The van der Waals surface area contributed by atoms with Crippen LogP contribution in [0.25, 0.3) is 0 Å². The number of carbonyl (C=O) groups is 3. The molecule has 0 fully saturated rings. The second-order valence-electron chi connectivity index (χ2n) is 10.6. The van der Waals surface area contributed by atoms with E-state index in [1.807, 2.05) is 27.0 Å². The summed E-state index contributed by atoms with van der Waals surface area (Å²) in [6.45, 7) is 8.54. The van der Waals surface area contributed by atoms with Crippen molar-refractivity contribution in [3.63, 3.8) is 0 Å². The first kappa shape index (κ1) is 34.8. The summed E-state index contributed by atoms with van der Waals surface area (Å²) in [5.41, 5.74) is 5.61. The number of amides is 1. The van der Waals surface area contributed by atoms with Crippen LogP contribution in [0.2, 0.25) is 0 Å². The molecule has 0 aromatic heterocycles. The standard InChI is InChI=1S/C28H50N2O6S2/c1-6-10-24(36-26(32)13-8-16-29)22-19-21(28(3,4)34)11-7-12-23(20(22)2)35-27(33)14-9-17-30-25(31)15-18-38-37-5/h21-22,24,34H,6-19,29H2,1-5H3,(H,30,31)/b23-20+. The monoisotopic (exact) mass is 574 g/mol. The summed E-state index contributed by atoms with van der Waals surface area (Å²) in [5, 5.41) is 13.7. The highest BCUT2D eigenvalue weighted by atomic mass is 33.1. The van der Waals surface area contributed by atoms with Gasteiger partial charge in [0, 0.05) is 43.9 Å². The number of ether oxygens (including phenoxy) is 2. The van der Waals surface area contributed by atoms with Crippen molar-refractivity contribution in [2.75, 3.05) is 25.1 Å². The Bertz CT molecular complexity index is 769. The Kier molecular flexibility index (Phi) is 17.4. The molecular weight excluding hydrogens is 524 g/mol. The lowest BCUT2D eigenvalue weighted by Crippen LogP contribution is -2.38. The van der Waals surface area contributed by atoms with Crippen molar-refractivity contribution in [2.45, 2.75) is 110 Å². The first-order valence-electron chi connectivity index (χ1n) is 14.0. The Morgan fingerprint density at radius 3 is 2.53 bits per heavy atom. The molecule has 0 aliphatic heterocycles. The molecule has 10 heteroatoms. The van der Waals surface area contributed by atoms with Gasteiger partial charge in [-0.2, -0.15) is 0 Å². The summed E-state index contributed by atoms with van der Waals surface area (Å²) in [6, 6.07) is 0. The Balaban J connectivity index is 2.95. The van der Waals surface area contributed by atoms with Gasteiger partial charge >= 0.3 is 11.9 Å². The van der Waals surface area contributed by atoms with Gasteiger partial charge in [-0.25, -0.2) is 0 Å². The van der Waals surface area contributed by atoms with Crippen LogP contribution in [0.5, 0.6) is 0 Å². The summed E-state index contributed by atoms with van der Waals surface area (Å²) in [7, 11) is 3.28. The van der Waals surface area contributed by atoms with Gasteiger partial charge < -0.3 is 25.6 Å².